The Morgan fingerprint density at radius 1 is 0.486 bits per heavy atom. The monoisotopic (exact) mass is 1060 g/mol. The number of rotatable bonds is 41. The van der Waals surface area contributed by atoms with Crippen molar-refractivity contribution in [2.75, 3.05) is 26.4 Å². The lowest BCUT2D eigenvalue weighted by Gasteiger charge is -2.48. The molecule has 74 heavy (non-hydrogen) atoms. The van der Waals surface area contributed by atoms with Crippen LogP contribution in [0.15, 0.2) is 24.3 Å². The second-order valence-electron chi connectivity index (χ2n) is 20.8. The quantitative estimate of drug-likeness (QED) is 0.0304. The molecule has 3 aliphatic heterocycles. The van der Waals surface area contributed by atoms with Crippen molar-refractivity contribution in [1.29, 1.82) is 0 Å². The highest BCUT2D eigenvalue weighted by atomic mass is 16.8. The summed E-state index contributed by atoms with van der Waals surface area (Å²) in [7, 11) is 0. The molecule has 0 saturated carbocycles. The summed E-state index contributed by atoms with van der Waals surface area (Å²) < 4.78 is 34.2. The zero-order valence-corrected chi connectivity index (χ0v) is 44.8. The summed E-state index contributed by atoms with van der Waals surface area (Å²) in [4.78, 5) is 13.3. The van der Waals surface area contributed by atoms with E-state index in [1.165, 1.54) is 83.5 Å². The molecule has 19 nitrogen and oxygen atoms in total. The van der Waals surface area contributed by atoms with Crippen LogP contribution in [0, 0.1) is 0 Å². The average Bonchev–Trinajstić information content (AvgIpc) is 3.40. The summed E-state index contributed by atoms with van der Waals surface area (Å²) in [6.45, 7) is 1.74. The molecule has 0 spiro atoms. The third kappa shape index (κ3) is 24.1. The van der Waals surface area contributed by atoms with Gasteiger partial charge < -0.3 is 89.9 Å². The smallest absolute Gasteiger partial charge is 0.220 e. The second kappa shape index (κ2) is 39.6. The molecule has 17 atom stereocenters. The third-order valence-electron chi connectivity index (χ3n) is 14.5. The van der Waals surface area contributed by atoms with E-state index in [4.69, 9.17) is 28.4 Å². The van der Waals surface area contributed by atoms with Gasteiger partial charge in [0.1, 0.15) is 73.2 Å². The van der Waals surface area contributed by atoms with Gasteiger partial charge in [0, 0.05) is 6.42 Å². The van der Waals surface area contributed by atoms with E-state index < -0.39 is 124 Å². The highest BCUT2D eigenvalue weighted by Crippen LogP contribution is 2.33. The fraction of sp³-hybridized carbons (Fsp3) is 0.909. The summed E-state index contributed by atoms with van der Waals surface area (Å²) in [5.41, 5.74) is 0. The molecule has 12 N–H and O–H groups in total. The molecule has 3 heterocycles. The van der Waals surface area contributed by atoms with Crippen LogP contribution in [0.5, 0.6) is 0 Å². The maximum Gasteiger partial charge on any atom is 0.220 e. The van der Waals surface area contributed by atoms with Crippen molar-refractivity contribution in [2.45, 2.75) is 291 Å². The Labute approximate surface area is 441 Å². The molecule has 434 valence electrons. The van der Waals surface area contributed by atoms with Crippen molar-refractivity contribution >= 4 is 5.91 Å². The maximum atomic E-state index is 13.3. The van der Waals surface area contributed by atoms with Crippen LogP contribution in [0.3, 0.4) is 0 Å². The van der Waals surface area contributed by atoms with Gasteiger partial charge in [-0.1, -0.05) is 160 Å². The molecule has 0 radical (unpaired) electrons. The van der Waals surface area contributed by atoms with Crippen molar-refractivity contribution in [3.05, 3.63) is 24.3 Å². The SMILES string of the molecule is CCCCCC/C=C\C/C=C\CCCCCCCC(=O)NC(COC1OC(CO)C(OC2OC(CO)C(OC3OC(CO)C(O)C(O)C3O)C(O)C2O)C(O)C1O)C(O)CCCCCCCCCCCCCCC. The summed E-state index contributed by atoms with van der Waals surface area (Å²) in [5.74, 6) is -0.258. The fourth-order valence-corrected chi connectivity index (χ4v) is 9.75. The van der Waals surface area contributed by atoms with Crippen LogP contribution in [0.25, 0.3) is 0 Å². The van der Waals surface area contributed by atoms with E-state index in [9.17, 15) is 61.0 Å². The predicted octanol–water partition coefficient (Wildman–Crippen LogP) is 3.98. The van der Waals surface area contributed by atoms with Crippen molar-refractivity contribution in [3.63, 3.8) is 0 Å². The number of carbonyl (C=O) groups excluding carboxylic acids is 1. The molecular formula is C55H101NO18. The van der Waals surface area contributed by atoms with Crippen LogP contribution >= 0.6 is 0 Å². The van der Waals surface area contributed by atoms with Gasteiger partial charge in [0.2, 0.25) is 5.91 Å². The lowest BCUT2D eigenvalue weighted by molar-refractivity contribution is -0.379. The molecule has 0 aromatic heterocycles. The topological polar surface area (TPSA) is 307 Å². The first kappa shape index (κ1) is 66.5. The van der Waals surface area contributed by atoms with E-state index in [0.29, 0.717) is 12.8 Å². The van der Waals surface area contributed by atoms with Crippen LogP contribution in [-0.4, -0.2) is 193 Å². The maximum absolute atomic E-state index is 13.3. The Balaban J connectivity index is 1.52. The first-order valence-electron chi connectivity index (χ1n) is 28.6. The molecule has 3 rings (SSSR count). The lowest BCUT2D eigenvalue weighted by Crippen LogP contribution is -2.66. The number of amides is 1. The molecule has 1 amide bonds. The van der Waals surface area contributed by atoms with Crippen LogP contribution in [0.4, 0.5) is 0 Å². The minimum absolute atomic E-state index is 0.251. The zero-order valence-electron chi connectivity index (χ0n) is 44.8. The number of nitrogens with one attached hydrogen (secondary N) is 1. The number of hydrogen-bond acceptors (Lipinski definition) is 18. The van der Waals surface area contributed by atoms with Crippen LogP contribution < -0.4 is 5.32 Å². The van der Waals surface area contributed by atoms with Gasteiger partial charge in [0.25, 0.3) is 0 Å². The number of ether oxygens (including phenoxy) is 6. The lowest BCUT2D eigenvalue weighted by atomic mass is 9.96. The van der Waals surface area contributed by atoms with E-state index in [1.807, 2.05) is 0 Å². The number of carbonyl (C=O) groups is 1. The van der Waals surface area contributed by atoms with Gasteiger partial charge in [-0.15, -0.1) is 0 Å². The number of hydrogen-bond donors (Lipinski definition) is 12. The number of aliphatic hydroxyl groups excluding tert-OH is 11. The molecule has 3 aliphatic rings. The Morgan fingerprint density at radius 2 is 0.892 bits per heavy atom. The molecule has 0 bridgehead atoms. The molecule has 19 heteroatoms. The van der Waals surface area contributed by atoms with Crippen LogP contribution in [0.2, 0.25) is 0 Å². The predicted molar refractivity (Wildman–Crippen MR) is 277 cm³/mol. The molecule has 0 aromatic rings. The van der Waals surface area contributed by atoms with Crippen LogP contribution in [-0.2, 0) is 33.2 Å². The summed E-state index contributed by atoms with van der Waals surface area (Å²) >= 11 is 0. The van der Waals surface area contributed by atoms with Crippen LogP contribution in [0.1, 0.15) is 187 Å². The summed E-state index contributed by atoms with van der Waals surface area (Å²) in [6, 6.07) is -0.891. The number of aliphatic hydroxyl groups is 11. The van der Waals surface area contributed by atoms with Crippen molar-refractivity contribution in [2.24, 2.45) is 0 Å². The first-order chi connectivity index (χ1) is 35.8. The minimum Gasteiger partial charge on any atom is -0.394 e. The Bertz CT molecular complexity index is 1460. The average molecular weight is 1060 g/mol. The van der Waals surface area contributed by atoms with E-state index in [2.05, 4.69) is 43.5 Å². The zero-order chi connectivity index (χ0) is 54.1. The van der Waals surface area contributed by atoms with Gasteiger partial charge in [-0.3, -0.25) is 4.79 Å². The number of unbranched alkanes of at least 4 members (excludes halogenated alkanes) is 21. The number of allylic oxidation sites excluding steroid dienone is 4. The highest BCUT2D eigenvalue weighted by molar-refractivity contribution is 5.76. The molecule has 3 fully saturated rings. The normalized spacial score (nSPS) is 31.6. The van der Waals surface area contributed by atoms with Gasteiger partial charge in [-0.2, -0.15) is 0 Å². The summed E-state index contributed by atoms with van der Waals surface area (Å²) in [5, 5.41) is 120. The fourth-order valence-electron chi connectivity index (χ4n) is 9.75. The van der Waals surface area contributed by atoms with Crippen molar-refractivity contribution in [3.8, 4) is 0 Å². The van der Waals surface area contributed by atoms with E-state index in [0.717, 1.165) is 70.6 Å². The van der Waals surface area contributed by atoms with Crippen molar-refractivity contribution in [1.82, 2.24) is 5.32 Å². The largest absolute Gasteiger partial charge is 0.394 e. The van der Waals surface area contributed by atoms with E-state index >= 15 is 0 Å². The van der Waals surface area contributed by atoms with Gasteiger partial charge in [0.05, 0.1) is 38.6 Å². The molecule has 3 saturated heterocycles. The van der Waals surface area contributed by atoms with Gasteiger partial charge in [-0.05, 0) is 44.9 Å². The third-order valence-corrected chi connectivity index (χ3v) is 14.5. The molecule has 0 aromatic carbocycles. The first-order valence-corrected chi connectivity index (χ1v) is 28.6. The van der Waals surface area contributed by atoms with E-state index in [1.54, 1.807) is 0 Å². The molecule has 0 aliphatic carbocycles. The highest BCUT2D eigenvalue weighted by Gasteiger charge is 2.53. The molecule has 17 unspecified atom stereocenters. The Morgan fingerprint density at radius 3 is 1.39 bits per heavy atom. The standard InChI is InChI=1S/C55H101NO18/c1-3-5-7-9-11-13-15-17-18-19-21-23-25-27-29-31-33-43(61)56-38(39(60)32-30-28-26-24-22-20-16-14-12-10-8-6-4-2)37-69-53-49(67)46(64)51(41(35-58)71-53)74-55-50(68)47(65)52(42(36-59)72-55)73-54-48(66)45(63)44(62)40(34-57)70-54/h13,15,18-19,38-42,44-55,57-60,62-68H,3-12,14,16-17,20-37H2,1-2H3,(H,56,61)/b15-13-,19-18-. The van der Waals surface area contributed by atoms with Gasteiger partial charge in [-0.25, -0.2) is 0 Å². The van der Waals surface area contributed by atoms with E-state index in [-0.39, 0.29) is 18.9 Å². The Hall–Kier alpha value is -1.73. The van der Waals surface area contributed by atoms with Gasteiger partial charge >= 0.3 is 0 Å². The van der Waals surface area contributed by atoms with Gasteiger partial charge in [0.15, 0.2) is 18.9 Å². The summed E-state index contributed by atoms with van der Waals surface area (Å²) in [6.07, 6.45) is 11.2. The molecular weight excluding hydrogens is 963 g/mol. The second-order valence-corrected chi connectivity index (χ2v) is 20.8. The Kier molecular flexibility index (Phi) is 35.6. The van der Waals surface area contributed by atoms with Crippen molar-refractivity contribution < 1.29 is 89.4 Å². The minimum atomic E-state index is -1.97.